The van der Waals surface area contributed by atoms with E-state index in [0.717, 1.165) is 47.0 Å². The minimum absolute atomic E-state index is 0.390. The Kier molecular flexibility index (Phi) is 4.02. The number of aromatic amines is 2. The second-order valence-electron chi connectivity index (χ2n) is 10.6. The molecule has 0 spiro atoms. The van der Waals surface area contributed by atoms with E-state index in [0.29, 0.717) is 12.1 Å². The molecule has 170 valence electrons. The van der Waals surface area contributed by atoms with Crippen molar-refractivity contribution in [1.82, 2.24) is 30.6 Å². The number of imidazole rings is 2. The standard InChI is InChI=1S/C28H28N6/c1-5-17(25-13-29-27(33-25)23-11-19-9-21(19)31-23)6-2-15(1)16-3-7-18(8-4-16)26-14-30-28(34-26)24-12-20-10-22(20)32-24/h1-8,13-14,19-24,31-32H,9-12H2,(H,29,33)(H,30,34). The summed E-state index contributed by atoms with van der Waals surface area (Å²) in [6.07, 6.45) is 9.04. The number of rotatable bonds is 5. The lowest BCUT2D eigenvalue weighted by Crippen LogP contribution is -2.18. The Hall–Kier alpha value is -3.22. The molecule has 4 N–H and O–H groups in total. The van der Waals surface area contributed by atoms with Crippen molar-refractivity contribution in [2.75, 3.05) is 0 Å². The second kappa shape index (κ2) is 7.14. The van der Waals surface area contributed by atoms with E-state index in [1.807, 2.05) is 12.4 Å². The number of nitrogens with one attached hydrogen (secondary N) is 4. The quantitative estimate of drug-likeness (QED) is 0.347. The summed E-state index contributed by atoms with van der Waals surface area (Å²) in [6.45, 7) is 0. The first-order valence-electron chi connectivity index (χ1n) is 12.6. The van der Waals surface area contributed by atoms with Gasteiger partial charge in [-0.05, 0) is 59.8 Å². The number of fused-ring (bicyclic) bond motifs is 2. The number of hydrogen-bond acceptors (Lipinski definition) is 4. The first kappa shape index (κ1) is 19.1. The van der Waals surface area contributed by atoms with Gasteiger partial charge in [0, 0.05) is 12.1 Å². The lowest BCUT2D eigenvalue weighted by molar-refractivity contribution is 0.543. The lowest BCUT2D eigenvalue weighted by atomic mass is 10.0. The fraction of sp³-hybridized carbons (Fsp3) is 0.357. The molecule has 4 fully saturated rings. The van der Waals surface area contributed by atoms with Crippen LogP contribution in [0.15, 0.2) is 60.9 Å². The summed E-state index contributed by atoms with van der Waals surface area (Å²) in [4.78, 5) is 16.4. The van der Waals surface area contributed by atoms with Gasteiger partial charge in [-0.1, -0.05) is 48.5 Å². The summed E-state index contributed by atoms with van der Waals surface area (Å²) in [5.74, 6) is 3.89. The summed E-state index contributed by atoms with van der Waals surface area (Å²) in [5, 5.41) is 7.34. The second-order valence-corrected chi connectivity index (χ2v) is 10.6. The molecule has 4 aliphatic rings. The summed E-state index contributed by atoms with van der Waals surface area (Å²) in [7, 11) is 0. The molecule has 6 heteroatoms. The van der Waals surface area contributed by atoms with Gasteiger partial charge in [0.2, 0.25) is 0 Å². The zero-order valence-corrected chi connectivity index (χ0v) is 19.0. The van der Waals surface area contributed by atoms with Gasteiger partial charge in [-0.15, -0.1) is 0 Å². The molecule has 8 rings (SSSR count). The van der Waals surface area contributed by atoms with E-state index < -0.39 is 0 Å². The fourth-order valence-electron chi connectivity index (χ4n) is 6.07. The first-order valence-corrected chi connectivity index (χ1v) is 12.6. The van der Waals surface area contributed by atoms with Gasteiger partial charge in [0.15, 0.2) is 0 Å². The van der Waals surface area contributed by atoms with Crippen LogP contribution in [0.2, 0.25) is 0 Å². The van der Waals surface area contributed by atoms with Gasteiger partial charge in [-0.3, -0.25) is 0 Å². The van der Waals surface area contributed by atoms with Crippen molar-refractivity contribution in [3.8, 4) is 33.6 Å². The number of piperidine rings is 2. The van der Waals surface area contributed by atoms with Crippen LogP contribution in [0.25, 0.3) is 33.6 Å². The van der Waals surface area contributed by atoms with Crippen molar-refractivity contribution in [2.45, 2.75) is 49.9 Å². The Morgan fingerprint density at radius 3 is 1.32 bits per heavy atom. The molecule has 6 nitrogen and oxygen atoms in total. The van der Waals surface area contributed by atoms with E-state index in [2.05, 4.69) is 79.1 Å². The van der Waals surface area contributed by atoms with Gasteiger partial charge in [0.1, 0.15) is 11.6 Å². The molecule has 2 aliphatic carbocycles. The smallest absolute Gasteiger partial charge is 0.123 e. The molecule has 0 amide bonds. The zero-order chi connectivity index (χ0) is 22.2. The maximum Gasteiger partial charge on any atom is 0.123 e. The Morgan fingerprint density at radius 2 is 0.941 bits per heavy atom. The van der Waals surface area contributed by atoms with Crippen LogP contribution in [0.1, 0.15) is 49.4 Å². The molecule has 2 aromatic heterocycles. The molecular formula is C28H28N6. The molecule has 2 aliphatic heterocycles. The van der Waals surface area contributed by atoms with E-state index >= 15 is 0 Å². The molecule has 0 bridgehead atoms. The Balaban J connectivity index is 0.972. The van der Waals surface area contributed by atoms with Crippen molar-refractivity contribution in [1.29, 1.82) is 0 Å². The first-order chi connectivity index (χ1) is 16.8. The Morgan fingerprint density at radius 1 is 0.529 bits per heavy atom. The third-order valence-corrected chi connectivity index (χ3v) is 8.33. The van der Waals surface area contributed by atoms with E-state index in [4.69, 9.17) is 0 Å². The fourth-order valence-corrected chi connectivity index (χ4v) is 6.07. The van der Waals surface area contributed by atoms with E-state index in [1.54, 1.807) is 0 Å². The lowest BCUT2D eigenvalue weighted by Gasteiger charge is -2.09. The molecule has 34 heavy (non-hydrogen) atoms. The predicted octanol–water partition coefficient (Wildman–Crippen LogP) is 4.98. The molecule has 2 saturated heterocycles. The highest BCUT2D eigenvalue weighted by Gasteiger charge is 2.47. The minimum atomic E-state index is 0.390. The third-order valence-electron chi connectivity index (χ3n) is 8.33. The molecule has 6 atom stereocenters. The van der Waals surface area contributed by atoms with E-state index in [-0.39, 0.29) is 0 Å². The summed E-state index contributed by atoms with van der Waals surface area (Å²) >= 11 is 0. The molecule has 4 heterocycles. The van der Waals surface area contributed by atoms with Crippen LogP contribution in [0.3, 0.4) is 0 Å². The van der Waals surface area contributed by atoms with Crippen LogP contribution in [-0.2, 0) is 0 Å². The number of hydrogen-bond donors (Lipinski definition) is 4. The van der Waals surface area contributed by atoms with Crippen LogP contribution < -0.4 is 10.6 Å². The van der Waals surface area contributed by atoms with Crippen molar-refractivity contribution < 1.29 is 0 Å². The highest BCUT2D eigenvalue weighted by Crippen LogP contribution is 2.46. The highest BCUT2D eigenvalue weighted by molar-refractivity contribution is 5.71. The van der Waals surface area contributed by atoms with Crippen molar-refractivity contribution in [2.24, 2.45) is 11.8 Å². The summed E-state index contributed by atoms with van der Waals surface area (Å²) in [5.41, 5.74) is 6.95. The van der Waals surface area contributed by atoms with Crippen LogP contribution >= 0.6 is 0 Å². The van der Waals surface area contributed by atoms with Crippen LogP contribution in [0.4, 0.5) is 0 Å². The van der Waals surface area contributed by atoms with Crippen LogP contribution in [0.5, 0.6) is 0 Å². The molecule has 2 aromatic carbocycles. The predicted molar refractivity (Wildman–Crippen MR) is 132 cm³/mol. The van der Waals surface area contributed by atoms with Gasteiger partial charge >= 0.3 is 0 Å². The van der Waals surface area contributed by atoms with Crippen LogP contribution in [-0.4, -0.2) is 32.0 Å². The number of aromatic nitrogens is 4. The highest BCUT2D eigenvalue weighted by atomic mass is 15.1. The molecule has 6 unspecified atom stereocenters. The van der Waals surface area contributed by atoms with Crippen LogP contribution in [0, 0.1) is 11.8 Å². The monoisotopic (exact) mass is 448 g/mol. The van der Waals surface area contributed by atoms with Crippen molar-refractivity contribution in [3.05, 3.63) is 72.6 Å². The maximum absolute atomic E-state index is 4.65. The SMILES string of the molecule is c1cc(-c2cnc(C3CC4CC4N3)[nH]2)ccc1-c1ccc(-c2cnc(C3CC4CC4N3)[nH]2)cc1. The average Bonchev–Trinajstić information content (AvgIpc) is 3.46. The molecular weight excluding hydrogens is 420 g/mol. The van der Waals surface area contributed by atoms with Crippen molar-refractivity contribution in [3.63, 3.8) is 0 Å². The molecule has 2 saturated carbocycles. The van der Waals surface area contributed by atoms with Gasteiger partial charge < -0.3 is 20.6 Å². The van der Waals surface area contributed by atoms with Gasteiger partial charge in [0.25, 0.3) is 0 Å². The minimum Gasteiger partial charge on any atom is -0.341 e. The van der Waals surface area contributed by atoms with Gasteiger partial charge in [-0.2, -0.15) is 0 Å². The Labute approximate surface area is 198 Å². The topological polar surface area (TPSA) is 81.4 Å². The summed E-state index contributed by atoms with van der Waals surface area (Å²) < 4.78 is 0. The number of nitrogens with zero attached hydrogens (tertiary/aromatic N) is 2. The maximum atomic E-state index is 4.65. The molecule has 4 aromatic rings. The van der Waals surface area contributed by atoms with Crippen molar-refractivity contribution >= 4 is 0 Å². The van der Waals surface area contributed by atoms with Gasteiger partial charge in [0.05, 0.1) is 35.9 Å². The summed E-state index contributed by atoms with van der Waals surface area (Å²) in [6, 6.07) is 19.7. The molecule has 0 radical (unpaired) electrons. The van der Waals surface area contributed by atoms with E-state index in [9.17, 15) is 0 Å². The zero-order valence-electron chi connectivity index (χ0n) is 19.0. The average molecular weight is 449 g/mol. The largest absolute Gasteiger partial charge is 0.341 e. The normalized spacial score (nSPS) is 30.8. The number of benzene rings is 2. The van der Waals surface area contributed by atoms with Gasteiger partial charge in [-0.25, -0.2) is 9.97 Å². The van der Waals surface area contributed by atoms with E-state index in [1.165, 1.54) is 47.9 Å². The third kappa shape index (κ3) is 3.24. The number of H-pyrrole nitrogens is 2. The Bertz CT molecular complexity index is 1220.